The Labute approximate surface area is 191 Å². The van der Waals surface area contributed by atoms with Gasteiger partial charge in [0.25, 0.3) is 0 Å². The van der Waals surface area contributed by atoms with Gasteiger partial charge in [-0.05, 0) is 42.6 Å². The maximum absolute atomic E-state index is 11.1. The van der Waals surface area contributed by atoms with Gasteiger partial charge in [-0.2, -0.15) is 0 Å². The highest BCUT2D eigenvalue weighted by molar-refractivity contribution is 6.73. The highest BCUT2D eigenvalue weighted by Gasteiger charge is 2.33. The summed E-state index contributed by atoms with van der Waals surface area (Å²) >= 11 is 0. The standard InChI is InChI=1S/C26H44O4Si/c1-7-23(20-29-21-24-14-12-11-13-15-24)18-22(5)26(19-25(28-6)16-17-27)30-31(8-2,9-3)10-4/h11-15,17-18,23,25-26H,7-10,16,19-21H2,1-6H3/b22-18-/t23-,25+,26+/m1/s1. The minimum absolute atomic E-state index is 0.0143. The predicted molar refractivity (Wildman–Crippen MR) is 132 cm³/mol. The average Bonchev–Trinajstić information content (AvgIpc) is 2.81. The van der Waals surface area contributed by atoms with Gasteiger partial charge < -0.3 is 18.7 Å². The molecule has 0 aliphatic rings. The smallest absolute Gasteiger partial charge is 0.192 e. The fourth-order valence-corrected chi connectivity index (χ4v) is 6.81. The third-order valence-electron chi connectivity index (χ3n) is 6.47. The second-order valence-corrected chi connectivity index (χ2v) is 13.1. The Bertz CT molecular complexity index is 619. The lowest BCUT2D eigenvalue weighted by Gasteiger charge is -2.35. The Morgan fingerprint density at radius 2 is 1.71 bits per heavy atom. The molecule has 0 saturated heterocycles. The topological polar surface area (TPSA) is 44.8 Å². The van der Waals surface area contributed by atoms with Crippen LogP contribution in [0.2, 0.25) is 18.1 Å². The van der Waals surface area contributed by atoms with Gasteiger partial charge in [-0.15, -0.1) is 0 Å². The Morgan fingerprint density at radius 3 is 2.23 bits per heavy atom. The first-order valence-corrected chi connectivity index (χ1v) is 14.4. The number of carbonyl (C=O) groups is 1. The van der Waals surface area contributed by atoms with Crippen molar-refractivity contribution in [2.24, 2.45) is 5.92 Å². The number of rotatable bonds is 17. The monoisotopic (exact) mass is 448 g/mol. The van der Waals surface area contributed by atoms with E-state index in [0.717, 1.165) is 30.8 Å². The zero-order valence-electron chi connectivity index (χ0n) is 20.6. The van der Waals surface area contributed by atoms with Crippen LogP contribution in [0.15, 0.2) is 42.0 Å². The number of hydrogen-bond donors (Lipinski definition) is 0. The molecular formula is C26H44O4Si. The van der Waals surface area contributed by atoms with Crippen LogP contribution in [0, 0.1) is 5.92 Å². The molecule has 0 radical (unpaired) electrons. The van der Waals surface area contributed by atoms with Crippen LogP contribution in [0.1, 0.15) is 59.4 Å². The molecule has 1 aromatic carbocycles. The number of aldehydes is 1. The lowest BCUT2D eigenvalue weighted by molar-refractivity contribution is -0.110. The Hall–Kier alpha value is -1.27. The van der Waals surface area contributed by atoms with E-state index < -0.39 is 8.32 Å². The minimum atomic E-state index is -1.79. The largest absolute Gasteiger partial charge is 0.410 e. The minimum Gasteiger partial charge on any atom is -0.410 e. The molecule has 0 aromatic heterocycles. The van der Waals surface area contributed by atoms with Gasteiger partial charge >= 0.3 is 0 Å². The molecule has 0 spiro atoms. The first-order chi connectivity index (χ1) is 15.0. The third kappa shape index (κ3) is 9.81. The zero-order chi connectivity index (χ0) is 23.1. The van der Waals surface area contributed by atoms with Crippen molar-refractivity contribution in [2.75, 3.05) is 13.7 Å². The molecule has 0 heterocycles. The van der Waals surface area contributed by atoms with Crippen molar-refractivity contribution in [3.63, 3.8) is 0 Å². The van der Waals surface area contributed by atoms with E-state index in [0.29, 0.717) is 32.0 Å². The van der Waals surface area contributed by atoms with Crippen molar-refractivity contribution in [3.8, 4) is 0 Å². The van der Waals surface area contributed by atoms with Crippen LogP contribution in [0.25, 0.3) is 0 Å². The highest BCUT2D eigenvalue weighted by Crippen LogP contribution is 2.29. The summed E-state index contributed by atoms with van der Waals surface area (Å²) < 4.78 is 18.5. The maximum Gasteiger partial charge on any atom is 0.192 e. The fourth-order valence-electron chi connectivity index (χ4n) is 3.93. The van der Waals surface area contributed by atoms with Gasteiger partial charge in [0, 0.05) is 25.9 Å². The third-order valence-corrected chi connectivity index (χ3v) is 11.1. The van der Waals surface area contributed by atoms with E-state index in [4.69, 9.17) is 13.9 Å². The first-order valence-electron chi connectivity index (χ1n) is 11.9. The zero-order valence-corrected chi connectivity index (χ0v) is 21.6. The fraction of sp³-hybridized carbons (Fsp3) is 0.654. The molecular weight excluding hydrogens is 404 g/mol. The van der Waals surface area contributed by atoms with Crippen molar-refractivity contribution >= 4 is 14.6 Å². The number of benzene rings is 1. The summed E-state index contributed by atoms with van der Waals surface area (Å²) in [4.78, 5) is 11.1. The van der Waals surface area contributed by atoms with Crippen molar-refractivity contribution < 1.29 is 18.7 Å². The average molecular weight is 449 g/mol. The summed E-state index contributed by atoms with van der Waals surface area (Å²) in [5.74, 6) is 0.336. The summed E-state index contributed by atoms with van der Waals surface area (Å²) in [6.45, 7) is 12.4. The van der Waals surface area contributed by atoms with Gasteiger partial charge in [0.2, 0.25) is 0 Å². The Kier molecular flexibility index (Phi) is 13.9. The van der Waals surface area contributed by atoms with Crippen LogP contribution in [0.5, 0.6) is 0 Å². The van der Waals surface area contributed by atoms with E-state index in [1.54, 1.807) is 7.11 Å². The molecule has 1 rings (SSSR count). The van der Waals surface area contributed by atoms with Gasteiger partial charge in [-0.1, -0.05) is 64.1 Å². The molecule has 5 heteroatoms. The molecule has 0 N–H and O–H groups in total. The van der Waals surface area contributed by atoms with Crippen molar-refractivity contribution in [3.05, 3.63) is 47.5 Å². The van der Waals surface area contributed by atoms with Crippen LogP contribution in [-0.2, 0) is 25.3 Å². The summed E-state index contributed by atoms with van der Waals surface area (Å²) in [5, 5.41) is 0. The van der Waals surface area contributed by atoms with E-state index in [-0.39, 0.29) is 12.2 Å². The van der Waals surface area contributed by atoms with Crippen LogP contribution in [0.3, 0.4) is 0 Å². The SMILES string of the molecule is CC[C@H](/C=C(/C)[C@H](C[C@H](CC=O)OC)O[Si](CC)(CC)CC)COCc1ccccc1. The summed E-state index contributed by atoms with van der Waals surface area (Å²) in [6, 6.07) is 13.6. The predicted octanol–water partition coefficient (Wildman–Crippen LogP) is 6.56. The molecule has 176 valence electrons. The lowest BCUT2D eigenvalue weighted by Crippen LogP contribution is -2.41. The van der Waals surface area contributed by atoms with Gasteiger partial charge in [-0.25, -0.2) is 0 Å². The van der Waals surface area contributed by atoms with E-state index in [9.17, 15) is 4.79 Å². The molecule has 1 aromatic rings. The summed E-state index contributed by atoms with van der Waals surface area (Å²) in [6.07, 6.45) is 5.27. The molecule has 3 atom stereocenters. The number of carbonyl (C=O) groups excluding carboxylic acids is 1. The lowest BCUT2D eigenvalue weighted by atomic mass is 9.98. The Morgan fingerprint density at radius 1 is 1.06 bits per heavy atom. The van der Waals surface area contributed by atoms with Crippen LogP contribution >= 0.6 is 0 Å². The molecule has 0 unspecified atom stereocenters. The summed E-state index contributed by atoms with van der Waals surface area (Å²) in [7, 11) is -0.111. The van der Waals surface area contributed by atoms with Crippen LogP contribution in [0.4, 0.5) is 0 Å². The molecule has 31 heavy (non-hydrogen) atoms. The number of ether oxygens (including phenoxy) is 2. The molecule has 0 aliphatic carbocycles. The van der Waals surface area contributed by atoms with Crippen molar-refractivity contribution in [1.82, 2.24) is 0 Å². The van der Waals surface area contributed by atoms with E-state index in [1.807, 2.05) is 18.2 Å². The molecule has 4 nitrogen and oxygen atoms in total. The molecule has 0 fully saturated rings. The first kappa shape index (κ1) is 27.8. The number of methoxy groups -OCH3 is 1. The molecule has 0 aliphatic heterocycles. The van der Waals surface area contributed by atoms with Gasteiger partial charge in [0.1, 0.15) is 6.29 Å². The van der Waals surface area contributed by atoms with Gasteiger partial charge in [0.05, 0.1) is 25.4 Å². The molecule has 0 amide bonds. The highest BCUT2D eigenvalue weighted by atomic mass is 28.4. The molecule has 0 bridgehead atoms. The molecule has 0 saturated carbocycles. The summed E-state index contributed by atoms with van der Waals surface area (Å²) in [5.41, 5.74) is 2.43. The maximum atomic E-state index is 11.1. The second-order valence-electron chi connectivity index (χ2n) is 8.43. The van der Waals surface area contributed by atoms with Crippen molar-refractivity contribution in [1.29, 1.82) is 0 Å². The van der Waals surface area contributed by atoms with Crippen LogP contribution in [-0.4, -0.2) is 40.5 Å². The van der Waals surface area contributed by atoms with Crippen molar-refractivity contribution in [2.45, 2.75) is 90.8 Å². The number of hydrogen-bond acceptors (Lipinski definition) is 4. The van der Waals surface area contributed by atoms with Crippen LogP contribution < -0.4 is 0 Å². The normalized spacial score (nSPS) is 15.5. The van der Waals surface area contributed by atoms with E-state index in [2.05, 4.69) is 52.8 Å². The van der Waals surface area contributed by atoms with E-state index >= 15 is 0 Å². The van der Waals surface area contributed by atoms with E-state index in [1.165, 1.54) is 11.1 Å². The van der Waals surface area contributed by atoms with Gasteiger partial charge in [0.15, 0.2) is 8.32 Å². The second kappa shape index (κ2) is 15.5. The Balaban J connectivity index is 2.92. The van der Waals surface area contributed by atoms with Gasteiger partial charge in [-0.3, -0.25) is 0 Å². The quantitative estimate of drug-likeness (QED) is 0.154.